The lowest BCUT2D eigenvalue weighted by molar-refractivity contribution is -0.139. The van der Waals surface area contributed by atoms with E-state index in [1.165, 1.54) is 0 Å². The highest BCUT2D eigenvalue weighted by Crippen LogP contribution is 2.40. The minimum atomic E-state index is -0.904. The van der Waals surface area contributed by atoms with Crippen molar-refractivity contribution in [3.05, 3.63) is 23.3 Å². The van der Waals surface area contributed by atoms with Crippen LogP contribution in [-0.2, 0) is 9.59 Å². The van der Waals surface area contributed by atoms with Crippen molar-refractivity contribution in [2.24, 2.45) is 11.8 Å². The fourth-order valence-electron chi connectivity index (χ4n) is 2.26. The number of aliphatic carboxylic acids is 1. The summed E-state index contributed by atoms with van der Waals surface area (Å²) in [6, 6.07) is 3.67. The molecule has 0 aromatic heterocycles. The van der Waals surface area contributed by atoms with E-state index in [0.29, 0.717) is 12.1 Å². The Bertz CT molecular complexity index is 538. The lowest BCUT2D eigenvalue weighted by atomic mass is 10.1. The largest absolute Gasteiger partial charge is 0.496 e. The van der Waals surface area contributed by atoms with E-state index in [2.05, 4.69) is 5.32 Å². The molecule has 0 bridgehead atoms. The predicted octanol–water partition coefficient (Wildman–Crippen LogP) is 1.97. The zero-order chi connectivity index (χ0) is 14.2. The average Bonchev–Trinajstić information content (AvgIpc) is 3.13. The van der Waals surface area contributed by atoms with Crippen LogP contribution >= 0.6 is 0 Å². The molecule has 1 aliphatic rings. The van der Waals surface area contributed by atoms with Crippen molar-refractivity contribution < 1.29 is 19.4 Å². The van der Waals surface area contributed by atoms with E-state index in [1.54, 1.807) is 7.11 Å². The van der Waals surface area contributed by atoms with Crippen LogP contribution in [0.3, 0.4) is 0 Å². The summed E-state index contributed by atoms with van der Waals surface area (Å²) in [7, 11) is 1.59. The maximum Gasteiger partial charge on any atom is 0.307 e. The summed E-state index contributed by atoms with van der Waals surface area (Å²) in [5.41, 5.74) is 2.51. The van der Waals surface area contributed by atoms with Gasteiger partial charge >= 0.3 is 5.97 Å². The Morgan fingerprint density at radius 3 is 2.53 bits per heavy atom. The third-order valence-electron chi connectivity index (χ3n) is 3.51. The molecule has 1 aliphatic carbocycles. The van der Waals surface area contributed by atoms with E-state index >= 15 is 0 Å². The number of anilines is 1. The summed E-state index contributed by atoms with van der Waals surface area (Å²) in [6.07, 6.45) is 0.420. The highest BCUT2D eigenvalue weighted by molar-refractivity contribution is 5.98. The number of carbonyl (C=O) groups excluding carboxylic acids is 1. The summed E-state index contributed by atoms with van der Waals surface area (Å²) in [6.45, 7) is 3.79. The molecule has 0 radical (unpaired) electrons. The first-order valence-corrected chi connectivity index (χ1v) is 6.13. The minimum Gasteiger partial charge on any atom is -0.496 e. The molecular formula is C14H17NO4. The monoisotopic (exact) mass is 263 g/mol. The van der Waals surface area contributed by atoms with Crippen molar-refractivity contribution in [3.63, 3.8) is 0 Å². The van der Waals surface area contributed by atoms with E-state index in [9.17, 15) is 9.59 Å². The highest BCUT2D eigenvalue weighted by atomic mass is 16.5. The maximum atomic E-state index is 11.9. The van der Waals surface area contributed by atoms with E-state index in [4.69, 9.17) is 9.84 Å². The quantitative estimate of drug-likeness (QED) is 0.870. The Morgan fingerprint density at radius 2 is 2.00 bits per heavy atom. The van der Waals surface area contributed by atoms with Gasteiger partial charge in [0.05, 0.1) is 18.9 Å². The second-order valence-electron chi connectivity index (χ2n) is 4.86. The molecule has 1 saturated carbocycles. The van der Waals surface area contributed by atoms with Crippen molar-refractivity contribution in [3.8, 4) is 5.75 Å². The first-order valence-electron chi connectivity index (χ1n) is 6.13. The van der Waals surface area contributed by atoms with Gasteiger partial charge in [-0.25, -0.2) is 0 Å². The van der Waals surface area contributed by atoms with Crippen LogP contribution in [0.15, 0.2) is 12.1 Å². The van der Waals surface area contributed by atoms with Gasteiger partial charge in [0.2, 0.25) is 5.91 Å². The van der Waals surface area contributed by atoms with Gasteiger partial charge in [0.1, 0.15) is 5.75 Å². The van der Waals surface area contributed by atoms with Crippen LogP contribution in [-0.4, -0.2) is 24.1 Å². The number of hydrogen-bond donors (Lipinski definition) is 2. The zero-order valence-corrected chi connectivity index (χ0v) is 11.2. The second-order valence-corrected chi connectivity index (χ2v) is 4.86. The fourth-order valence-corrected chi connectivity index (χ4v) is 2.26. The number of amides is 1. The van der Waals surface area contributed by atoms with E-state index in [1.807, 2.05) is 26.0 Å². The molecule has 19 heavy (non-hydrogen) atoms. The standard InChI is InChI=1S/C14H17NO4/c1-7-4-5-11(8(2)12(7)19-3)15-13(16)9-6-10(9)14(17)18/h4-5,9-10H,6H2,1-3H3,(H,15,16)(H,17,18). The number of rotatable bonds is 4. The van der Waals surface area contributed by atoms with Gasteiger partial charge in [0.25, 0.3) is 0 Å². The van der Waals surface area contributed by atoms with E-state index in [-0.39, 0.29) is 5.91 Å². The molecule has 1 amide bonds. The lowest BCUT2D eigenvalue weighted by Gasteiger charge is -2.13. The van der Waals surface area contributed by atoms with Crippen LogP contribution in [0, 0.1) is 25.7 Å². The zero-order valence-electron chi connectivity index (χ0n) is 11.2. The number of benzene rings is 1. The Labute approximate surface area is 111 Å². The Hall–Kier alpha value is -2.04. The van der Waals surface area contributed by atoms with Crippen LogP contribution in [0.4, 0.5) is 5.69 Å². The van der Waals surface area contributed by atoms with Crippen LogP contribution in [0.5, 0.6) is 5.75 Å². The summed E-state index contributed by atoms with van der Waals surface area (Å²) >= 11 is 0. The minimum absolute atomic E-state index is 0.235. The summed E-state index contributed by atoms with van der Waals surface area (Å²) in [5, 5.41) is 11.6. The van der Waals surface area contributed by atoms with Crippen LogP contribution in [0.25, 0.3) is 0 Å². The Balaban J connectivity index is 2.12. The van der Waals surface area contributed by atoms with Gasteiger partial charge in [0, 0.05) is 11.3 Å². The van der Waals surface area contributed by atoms with Gasteiger partial charge in [-0.05, 0) is 31.9 Å². The molecule has 2 atom stereocenters. The first-order chi connectivity index (χ1) is 8.95. The number of aryl methyl sites for hydroxylation is 1. The van der Waals surface area contributed by atoms with Gasteiger partial charge in [0.15, 0.2) is 0 Å². The molecule has 2 N–H and O–H groups in total. The first kappa shape index (κ1) is 13.4. The molecule has 2 unspecified atom stereocenters. The molecule has 1 fully saturated rings. The molecule has 0 heterocycles. The third kappa shape index (κ3) is 2.54. The summed E-state index contributed by atoms with van der Waals surface area (Å²) < 4.78 is 5.29. The molecule has 1 aromatic carbocycles. The highest BCUT2D eigenvalue weighted by Gasteiger charge is 2.48. The Morgan fingerprint density at radius 1 is 1.32 bits per heavy atom. The maximum absolute atomic E-state index is 11.9. The summed E-state index contributed by atoms with van der Waals surface area (Å²) in [4.78, 5) is 22.7. The SMILES string of the molecule is COc1c(C)ccc(NC(=O)C2CC2C(=O)O)c1C. The molecule has 5 nitrogen and oxygen atoms in total. The van der Waals surface area contributed by atoms with Gasteiger partial charge in [-0.3, -0.25) is 9.59 Å². The number of hydrogen-bond acceptors (Lipinski definition) is 3. The molecule has 5 heteroatoms. The van der Waals surface area contributed by atoms with E-state index < -0.39 is 17.8 Å². The number of carboxylic acids is 1. The topological polar surface area (TPSA) is 75.6 Å². The smallest absolute Gasteiger partial charge is 0.307 e. The number of ether oxygens (including phenoxy) is 1. The van der Waals surface area contributed by atoms with Crippen molar-refractivity contribution >= 4 is 17.6 Å². The van der Waals surface area contributed by atoms with Gasteiger partial charge in [-0.1, -0.05) is 6.07 Å². The third-order valence-corrected chi connectivity index (χ3v) is 3.51. The van der Waals surface area contributed by atoms with Crippen LogP contribution < -0.4 is 10.1 Å². The fraction of sp³-hybridized carbons (Fsp3) is 0.429. The predicted molar refractivity (Wildman–Crippen MR) is 70.3 cm³/mol. The second kappa shape index (κ2) is 4.91. The molecule has 0 aliphatic heterocycles. The van der Waals surface area contributed by atoms with Gasteiger partial charge in [-0.15, -0.1) is 0 Å². The Kier molecular flexibility index (Phi) is 3.46. The number of methoxy groups -OCH3 is 1. The molecule has 0 saturated heterocycles. The molecule has 0 spiro atoms. The molecule has 1 aromatic rings. The van der Waals surface area contributed by atoms with Gasteiger partial charge in [-0.2, -0.15) is 0 Å². The van der Waals surface area contributed by atoms with Crippen molar-refractivity contribution in [1.82, 2.24) is 0 Å². The molecule has 2 rings (SSSR count). The van der Waals surface area contributed by atoms with E-state index in [0.717, 1.165) is 16.9 Å². The van der Waals surface area contributed by atoms with Crippen molar-refractivity contribution in [1.29, 1.82) is 0 Å². The van der Waals surface area contributed by atoms with Crippen molar-refractivity contribution in [2.75, 3.05) is 12.4 Å². The summed E-state index contributed by atoms with van der Waals surface area (Å²) in [5.74, 6) is -1.35. The number of carboxylic acid groups (broad SMARTS) is 1. The normalized spacial score (nSPS) is 20.8. The molecular weight excluding hydrogens is 246 g/mol. The van der Waals surface area contributed by atoms with Gasteiger partial charge < -0.3 is 15.2 Å². The number of carbonyl (C=O) groups is 2. The van der Waals surface area contributed by atoms with Crippen LogP contribution in [0.2, 0.25) is 0 Å². The lowest BCUT2D eigenvalue weighted by Crippen LogP contribution is -2.17. The number of nitrogens with one attached hydrogen (secondary N) is 1. The van der Waals surface area contributed by atoms with Crippen molar-refractivity contribution in [2.45, 2.75) is 20.3 Å². The average molecular weight is 263 g/mol. The van der Waals surface area contributed by atoms with Crippen LogP contribution in [0.1, 0.15) is 17.5 Å². The molecule has 102 valence electrons.